The average Bonchev–Trinajstić information content (AvgIpc) is 3.02. The highest BCUT2D eigenvalue weighted by Gasteiger charge is 1.97. The molecule has 0 aromatic carbocycles. The van der Waals surface area contributed by atoms with Crippen molar-refractivity contribution in [3.63, 3.8) is 0 Å². The molecular formula is C56H168N4. The number of hydrogen-bond donors (Lipinski definition) is 0. The largest absolute Gasteiger partial charge is 0.304 e. The van der Waals surface area contributed by atoms with Gasteiger partial charge in [-0.25, -0.2) is 0 Å². The molecule has 0 unspecified atom stereocenters. The topological polar surface area (TPSA) is 13.0 Å². The van der Waals surface area contributed by atoms with Gasteiger partial charge < -0.3 is 19.6 Å². The van der Waals surface area contributed by atoms with Crippen molar-refractivity contribution in [1.29, 1.82) is 0 Å². The standard InChI is InChI=1S/4C8H19N.2C2H6.20CH4/c4*1-4-7-8-9(5-2)6-3;2*1-2;;;;;;;;;;;;;;;;;;;;/h4*4-8H2,1-3H3;2*1-2H3;20*1H4. The van der Waals surface area contributed by atoms with Crippen molar-refractivity contribution in [3.8, 4) is 0 Å². The lowest BCUT2D eigenvalue weighted by Gasteiger charge is -2.16. The maximum Gasteiger partial charge on any atom is -0.00191 e. The molecule has 0 rings (SSSR count). The molecule has 0 amide bonds. The Morgan fingerprint density at radius 1 is 0.183 bits per heavy atom. The summed E-state index contributed by atoms with van der Waals surface area (Å²) in [6.07, 6.45) is 10.7. The minimum absolute atomic E-state index is 0. The Bertz CT molecular complexity index is 261. The van der Waals surface area contributed by atoms with E-state index in [1.54, 1.807) is 0 Å². The van der Waals surface area contributed by atoms with E-state index in [-0.39, 0.29) is 149 Å². The normalized spacial score (nSPS) is 6.60. The van der Waals surface area contributed by atoms with E-state index in [1.807, 2.05) is 27.7 Å². The highest BCUT2D eigenvalue weighted by atomic mass is 15.1. The number of hydrogen-bond acceptors (Lipinski definition) is 4. The van der Waals surface area contributed by atoms with Gasteiger partial charge in [0.25, 0.3) is 0 Å². The third-order valence-corrected chi connectivity index (χ3v) is 6.89. The molecule has 0 N–H and O–H groups in total. The van der Waals surface area contributed by atoms with E-state index >= 15 is 0 Å². The molecule has 0 aromatic rings. The summed E-state index contributed by atoms with van der Waals surface area (Å²) in [5.74, 6) is 0. The molecule has 412 valence electrons. The molecule has 4 heteroatoms. The Kier molecular flexibility index (Phi) is 585. The van der Waals surface area contributed by atoms with Crippen LogP contribution in [0.3, 0.4) is 0 Å². The Morgan fingerprint density at radius 2 is 0.267 bits per heavy atom. The third kappa shape index (κ3) is 184. The predicted octanol–water partition coefficient (Wildman–Crippen LogP) is 23.3. The molecule has 0 radical (unpaired) electrons. The van der Waals surface area contributed by atoms with Crippen molar-refractivity contribution in [1.82, 2.24) is 19.6 Å². The summed E-state index contributed by atoms with van der Waals surface area (Å²) in [6, 6.07) is 0. The molecule has 0 saturated carbocycles. The van der Waals surface area contributed by atoms with Crippen LogP contribution in [-0.4, -0.2) is 98.1 Å². The van der Waals surface area contributed by atoms with E-state index in [0.717, 1.165) is 0 Å². The number of rotatable bonds is 20. The fourth-order valence-electron chi connectivity index (χ4n) is 3.69. The van der Waals surface area contributed by atoms with Gasteiger partial charge in [-0.2, -0.15) is 0 Å². The first kappa shape index (κ1) is 181. The van der Waals surface area contributed by atoms with Crippen LogP contribution < -0.4 is 0 Å². The first-order valence-corrected chi connectivity index (χ1v) is 18.3. The van der Waals surface area contributed by atoms with Gasteiger partial charge in [-0.1, -0.05) is 285 Å². The zero-order valence-corrected chi connectivity index (χ0v) is 31.9. The second kappa shape index (κ2) is 194. The van der Waals surface area contributed by atoms with E-state index in [0.29, 0.717) is 0 Å². The summed E-state index contributed by atoms with van der Waals surface area (Å²) >= 11 is 0. The molecule has 60 heavy (non-hydrogen) atoms. The minimum Gasteiger partial charge on any atom is -0.304 e. The van der Waals surface area contributed by atoms with Crippen LogP contribution in [0.5, 0.6) is 0 Å². The van der Waals surface area contributed by atoms with Crippen LogP contribution in [0.2, 0.25) is 0 Å². The molecule has 4 nitrogen and oxygen atoms in total. The van der Waals surface area contributed by atoms with Crippen LogP contribution in [0, 0.1) is 0 Å². The first-order valence-electron chi connectivity index (χ1n) is 18.3. The van der Waals surface area contributed by atoms with Gasteiger partial charge >= 0.3 is 0 Å². The van der Waals surface area contributed by atoms with Gasteiger partial charge in [0.2, 0.25) is 0 Å². The lowest BCUT2D eigenvalue weighted by atomic mass is 10.3. The van der Waals surface area contributed by atoms with Crippen molar-refractivity contribution < 1.29 is 0 Å². The molecule has 0 fully saturated rings. The SMILES string of the molecule is C.C.C.C.C.C.C.C.C.C.C.C.C.C.C.C.C.C.C.C.CC.CC.CCCCN(CC)CC.CCCCN(CC)CC.CCCCN(CC)CC.CCCCN(CC)CC. The first-order chi connectivity index (χ1) is 19.4. The van der Waals surface area contributed by atoms with Gasteiger partial charge in [0, 0.05) is 0 Å². The average molecular weight is 898 g/mol. The Hall–Kier alpha value is -0.160. The molecule has 0 spiro atoms. The highest BCUT2D eigenvalue weighted by molar-refractivity contribution is 4.52. The van der Waals surface area contributed by atoms with Crippen molar-refractivity contribution in [2.24, 2.45) is 0 Å². The van der Waals surface area contributed by atoms with Gasteiger partial charge in [-0.3, -0.25) is 0 Å². The summed E-state index contributed by atoms with van der Waals surface area (Å²) in [6.45, 7) is 49.5. The maximum absolute atomic E-state index is 2.46. The molecule has 0 aliphatic rings. The van der Waals surface area contributed by atoms with Crippen molar-refractivity contribution in [2.75, 3.05) is 78.5 Å². The van der Waals surface area contributed by atoms with Crippen LogP contribution >= 0.6 is 0 Å². The monoisotopic (exact) mass is 897 g/mol. The lowest BCUT2D eigenvalue weighted by Crippen LogP contribution is -2.23. The third-order valence-electron chi connectivity index (χ3n) is 6.89. The van der Waals surface area contributed by atoms with Crippen LogP contribution in [-0.2, 0) is 0 Å². The summed E-state index contributed by atoms with van der Waals surface area (Å²) in [7, 11) is 0. The summed E-state index contributed by atoms with van der Waals surface area (Å²) in [5.41, 5.74) is 0. The maximum atomic E-state index is 2.46. The van der Waals surface area contributed by atoms with E-state index in [1.165, 1.54) is 130 Å². The number of unbranched alkanes of at least 4 members (excludes halogenated alkanes) is 4. The quantitative estimate of drug-likeness (QED) is 0.121. The Balaban J connectivity index is -0.00000000938. The van der Waals surface area contributed by atoms with Gasteiger partial charge in [0.05, 0.1) is 0 Å². The van der Waals surface area contributed by atoms with Gasteiger partial charge in [0.15, 0.2) is 0 Å². The zero-order chi connectivity index (χ0) is 32.5. The van der Waals surface area contributed by atoms with Crippen LogP contribution in [0.4, 0.5) is 0 Å². The molecule has 0 heterocycles. The summed E-state index contributed by atoms with van der Waals surface area (Å²) < 4.78 is 0. The summed E-state index contributed by atoms with van der Waals surface area (Å²) in [5, 5.41) is 0. The van der Waals surface area contributed by atoms with Crippen LogP contribution in [0.15, 0.2) is 0 Å². The molecule has 0 atom stereocenters. The Labute approximate surface area is 407 Å². The lowest BCUT2D eigenvalue weighted by molar-refractivity contribution is 0.299. The van der Waals surface area contributed by atoms with E-state index in [4.69, 9.17) is 0 Å². The second-order valence-corrected chi connectivity index (χ2v) is 9.52. The van der Waals surface area contributed by atoms with Crippen molar-refractivity contribution in [3.05, 3.63) is 0 Å². The molecule has 0 bridgehead atoms. The van der Waals surface area contributed by atoms with Gasteiger partial charge in [-0.15, -0.1) is 0 Å². The molecular weight excluding hydrogens is 729 g/mol. The molecule has 0 aliphatic carbocycles. The Morgan fingerprint density at radius 3 is 0.317 bits per heavy atom. The minimum atomic E-state index is 0. The number of nitrogens with zero attached hydrogens (tertiary/aromatic N) is 4. The molecule has 0 saturated heterocycles. The fourth-order valence-corrected chi connectivity index (χ4v) is 3.69. The van der Waals surface area contributed by atoms with Crippen molar-refractivity contribution >= 4 is 0 Å². The second-order valence-electron chi connectivity index (χ2n) is 9.52. The van der Waals surface area contributed by atoms with E-state index in [9.17, 15) is 0 Å². The van der Waals surface area contributed by atoms with Crippen LogP contribution in [0.1, 0.15) is 311 Å². The fraction of sp³-hybridized carbons (Fsp3) is 1.00. The van der Waals surface area contributed by atoms with E-state index < -0.39 is 0 Å². The highest BCUT2D eigenvalue weighted by Crippen LogP contribution is 1.94. The summed E-state index contributed by atoms with van der Waals surface area (Å²) in [4.78, 5) is 9.85. The van der Waals surface area contributed by atoms with Crippen LogP contribution in [0.25, 0.3) is 0 Å². The van der Waals surface area contributed by atoms with Gasteiger partial charge in [0.1, 0.15) is 0 Å². The smallest absolute Gasteiger partial charge is 0.00191 e. The van der Waals surface area contributed by atoms with Crippen molar-refractivity contribution in [2.45, 2.75) is 311 Å². The molecule has 0 aliphatic heterocycles. The zero-order valence-electron chi connectivity index (χ0n) is 31.9. The van der Waals surface area contributed by atoms with Gasteiger partial charge in [-0.05, 0) is 104 Å². The predicted molar refractivity (Wildman–Crippen MR) is 328 cm³/mol. The molecule has 0 aromatic heterocycles. The van der Waals surface area contributed by atoms with E-state index in [2.05, 4.69) is 103 Å².